The number of hydrogen-bond donors (Lipinski definition) is 2. The predicted molar refractivity (Wildman–Crippen MR) is 71.2 cm³/mol. The highest BCUT2D eigenvalue weighted by molar-refractivity contribution is 6.05. The lowest BCUT2D eigenvalue weighted by atomic mass is 10.1. The van der Waals surface area contributed by atoms with Gasteiger partial charge in [0.1, 0.15) is 0 Å². The molecule has 0 aromatic heterocycles. The molecular weight excluding hydrogens is 246 g/mol. The molecule has 1 heterocycles. The summed E-state index contributed by atoms with van der Waals surface area (Å²) in [6.45, 7) is 6.50. The van der Waals surface area contributed by atoms with Crippen LogP contribution in [-0.2, 0) is 14.4 Å². The van der Waals surface area contributed by atoms with E-state index in [0.29, 0.717) is 12.5 Å². The van der Waals surface area contributed by atoms with Crippen LogP contribution >= 0.6 is 0 Å². The summed E-state index contributed by atoms with van der Waals surface area (Å²) in [7, 11) is 1.46. The van der Waals surface area contributed by atoms with Crippen LogP contribution in [0.3, 0.4) is 0 Å². The summed E-state index contributed by atoms with van der Waals surface area (Å²) in [5.41, 5.74) is 0. The Balaban J connectivity index is 2.38. The van der Waals surface area contributed by atoms with Crippen LogP contribution in [0.25, 0.3) is 0 Å². The van der Waals surface area contributed by atoms with Crippen LogP contribution in [0, 0.1) is 5.92 Å². The first-order valence-corrected chi connectivity index (χ1v) is 6.67. The minimum Gasteiger partial charge on any atom is -0.355 e. The fraction of sp³-hybridized carbons (Fsp3) is 0.769. The van der Waals surface area contributed by atoms with E-state index >= 15 is 0 Å². The normalized spacial score (nSPS) is 21.1. The number of hydrogen-bond acceptors (Lipinski definition) is 4. The van der Waals surface area contributed by atoms with E-state index in [9.17, 15) is 14.4 Å². The topological polar surface area (TPSA) is 78.5 Å². The van der Waals surface area contributed by atoms with Crippen molar-refractivity contribution in [3.8, 4) is 0 Å². The first kappa shape index (κ1) is 15.6. The summed E-state index contributed by atoms with van der Waals surface area (Å²) >= 11 is 0. The number of nitrogens with one attached hydrogen (secondary N) is 2. The number of likely N-dealkylation sites (N-methyl/N-ethyl adjacent to an activating group) is 1. The maximum Gasteiger partial charge on any atom is 0.246 e. The van der Waals surface area contributed by atoms with Crippen LogP contribution in [0.5, 0.6) is 0 Å². The summed E-state index contributed by atoms with van der Waals surface area (Å²) in [5.74, 6) is -0.0940. The first-order chi connectivity index (χ1) is 8.82. The molecule has 6 heteroatoms. The van der Waals surface area contributed by atoms with Gasteiger partial charge in [0.2, 0.25) is 17.7 Å². The van der Waals surface area contributed by atoms with Crippen molar-refractivity contribution in [2.75, 3.05) is 13.6 Å². The number of amides is 3. The minimum atomic E-state index is -0.580. The second-order valence-corrected chi connectivity index (χ2v) is 5.41. The summed E-state index contributed by atoms with van der Waals surface area (Å²) in [5, 5.41) is 5.72. The molecular formula is C13H23N3O3. The Morgan fingerprint density at radius 1 is 1.37 bits per heavy atom. The van der Waals surface area contributed by atoms with Crippen molar-refractivity contribution in [1.29, 1.82) is 0 Å². The molecule has 19 heavy (non-hydrogen) atoms. The van der Waals surface area contributed by atoms with E-state index in [2.05, 4.69) is 24.5 Å². The molecule has 0 radical (unpaired) electrons. The van der Waals surface area contributed by atoms with Crippen molar-refractivity contribution in [2.24, 2.45) is 5.92 Å². The van der Waals surface area contributed by atoms with Gasteiger partial charge < -0.3 is 5.32 Å². The molecule has 0 aliphatic carbocycles. The van der Waals surface area contributed by atoms with Gasteiger partial charge in [-0.3, -0.25) is 24.6 Å². The fourth-order valence-corrected chi connectivity index (χ4v) is 1.90. The number of nitrogens with zero attached hydrogens (tertiary/aromatic N) is 1. The largest absolute Gasteiger partial charge is 0.355 e. The van der Waals surface area contributed by atoms with E-state index in [-0.39, 0.29) is 24.1 Å². The van der Waals surface area contributed by atoms with Gasteiger partial charge in [-0.15, -0.1) is 0 Å². The Labute approximate surface area is 113 Å². The Hall–Kier alpha value is -1.43. The van der Waals surface area contributed by atoms with Crippen molar-refractivity contribution < 1.29 is 14.4 Å². The third-order valence-electron chi connectivity index (χ3n) is 3.25. The zero-order valence-corrected chi connectivity index (χ0v) is 12.0. The molecule has 6 nitrogen and oxygen atoms in total. The number of carbonyl (C=O) groups excluding carboxylic acids is 3. The zero-order chi connectivity index (χ0) is 14.6. The van der Waals surface area contributed by atoms with Crippen LogP contribution < -0.4 is 10.6 Å². The molecule has 2 unspecified atom stereocenters. The van der Waals surface area contributed by atoms with Crippen molar-refractivity contribution in [2.45, 2.75) is 45.7 Å². The summed E-state index contributed by atoms with van der Waals surface area (Å²) < 4.78 is 0. The molecule has 0 saturated carbocycles. The number of likely N-dealkylation sites (tertiary alicyclic amines) is 1. The predicted octanol–water partition coefficient (Wildman–Crippen LogP) is -0.116. The van der Waals surface area contributed by atoms with E-state index in [1.807, 2.05) is 0 Å². The highest BCUT2D eigenvalue weighted by Crippen LogP contribution is 2.11. The van der Waals surface area contributed by atoms with Gasteiger partial charge in [-0.2, -0.15) is 0 Å². The molecule has 1 aliphatic heterocycles. The lowest BCUT2D eigenvalue weighted by molar-refractivity contribution is -0.137. The molecule has 1 rings (SSSR count). The maximum absolute atomic E-state index is 11.8. The average Bonchev–Trinajstić information content (AvgIpc) is 2.56. The van der Waals surface area contributed by atoms with Crippen LogP contribution in [0.15, 0.2) is 0 Å². The van der Waals surface area contributed by atoms with Gasteiger partial charge in [-0.1, -0.05) is 13.8 Å². The Kier molecular flexibility index (Phi) is 5.47. The second kappa shape index (κ2) is 6.65. The van der Waals surface area contributed by atoms with E-state index in [0.717, 1.165) is 11.3 Å². The van der Waals surface area contributed by atoms with Gasteiger partial charge in [0.25, 0.3) is 0 Å². The molecule has 1 saturated heterocycles. The van der Waals surface area contributed by atoms with Crippen LogP contribution in [0.1, 0.15) is 33.6 Å². The van der Waals surface area contributed by atoms with Crippen molar-refractivity contribution in [1.82, 2.24) is 15.5 Å². The van der Waals surface area contributed by atoms with Crippen molar-refractivity contribution in [3.63, 3.8) is 0 Å². The third kappa shape index (κ3) is 4.31. The highest BCUT2D eigenvalue weighted by Gasteiger charge is 2.37. The maximum atomic E-state index is 11.8. The first-order valence-electron chi connectivity index (χ1n) is 6.67. The van der Waals surface area contributed by atoms with Gasteiger partial charge in [0.05, 0.1) is 18.5 Å². The van der Waals surface area contributed by atoms with Crippen molar-refractivity contribution in [3.05, 3.63) is 0 Å². The quantitative estimate of drug-likeness (QED) is 0.659. The number of rotatable bonds is 6. The van der Waals surface area contributed by atoms with E-state index in [1.54, 1.807) is 6.92 Å². The molecule has 0 aromatic rings. The molecule has 2 N–H and O–H groups in total. The third-order valence-corrected chi connectivity index (χ3v) is 3.25. The zero-order valence-electron chi connectivity index (χ0n) is 12.0. The van der Waals surface area contributed by atoms with Gasteiger partial charge >= 0.3 is 0 Å². The van der Waals surface area contributed by atoms with E-state index in [1.165, 1.54) is 7.05 Å². The number of imide groups is 1. The second-order valence-electron chi connectivity index (χ2n) is 5.41. The Bertz CT molecular complexity index is 368. The van der Waals surface area contributed by atoms with Crippen LogP contribution in [0.4, 0.5) is 0 Å². The molecule has 0 spiro atoms. The lowest BCUT2D eigenvalue weighted by Gasteiger charge is -2.17. The minimum absolute atomic E-state index is 0.124. The van der Waals surface area contributed by atoms with Gasteiger partial charge in [-0.25, -0.2) is 0 Å². The molecule has 0 aromatic carbocycles. The highest BCUT2D eigenvalue weighted by atomic mass is 16.2. The average molecular weight is 269 g/mol. The monoisotopic (exact) mass is 269 g/mol. The van der Waals surface area contributed by atoms with Crippen molar-refractivity contribution >= 4 is 17.7 Å². The molecule has 3 amide bonds. The SMILES string of the molecule is CC(C)CCNC(=O)C(C)NC1CC(=O)N(C)C1=O. The van der Waals surface area contributed by atoms with Crippen LogP contribution in [0.2, 0.25) is 0 Å². The summed E-state index contributed by atoms with van der Waals surface area (Å²) in [4.78, 5) is 35.9. The number of carbonyl (C=O) groups is 3. The molecule has 1 aliphatic rings. The Morgan fingerprint density at radius 3 is 2.47 bits per heavy atom. The summed E-state index contributed by atoms with van der Waals surface area (Å²) in [6.07, 6.45) is 1.04. The molecule has 0 bridgehead atoms. The Morgan fingerprint density at radius 2 is 2.00 bits per heavy atom. The molecule has 1 fully saturated rings. The van der Waals surface area contributed by atoms with E-state index in [4.69, 9.17) is 0 Å². The fourth-order valence-electron chi connectivity index (χ4n) is 1.90. The van der Waals surface area contributed by atoms with E-state index < -0.39 is 12.1 Å². The van der Waals surface area contributed by atoms with Gasteiger partial charge in [0, 0.05) is 13.6 Å². The van der Waals surface area contributed by atoms with Gasteiger partial charge in [-0.05, 0) is 19.3 Å². The van der Waals surface area contributed by atoms with Gasteiger partial charge in [0.15, 0.2) is 0 Å². The summed E-state index contributed by atoms with van der Waals surface area (Å²) in [6, 6.07) is -1.07. The lowest BCUT2D eigenvalue weighted by Crippen LogP contribution is -2.49. The molecule has 108 valence electrons. The van der Waals surface area contributed by atoms with Crippen LogP contribution in [-0.4, -0.2) is 48.3 Å². The smallest absolute Gasteiger partial charge is 0.246 e. The standard InChI is InChI=1S/C13H23N3O3/c1-8(2)5-6-14-12(18)9(3)15-10-7-11(17)16(4)13(10)19/h8-10,15H,5-7H2,1-4H3,(H,14,18). The molecule has 2 atom stereocenters.